The van der Waals surface area contributed by atoms with Gasteiger partial charge >= 0.3 is 6.18 Å². The maximum Gasteiger partial charge on any atom is 0.416 e. The van der Waals surface area contributed by atoms with Crippen LogP contribution in [0, 0.1) is 5.92 Å². The fourth-order valence-corrected chi connectivity index (χ4v) is 4.11. The topological polar surface area (TPSA) is 45.1 Å². The molecular weight excluding hydrogens is 431 g/mol. The quantitative estimate of drug-likeness (QED) is 0.579. The van der Waals surface area contributed by atoms with Crippen LogP contribution in [0.5, 0.6) is 0 Å². The molecule has 0 bridgehead atoms. The van der Waals surface area contributed by atoms with Crippen LogP contribution in [0.1, 0.15) is 42.4 Å². The second-order valence-corrected chi connectivity index (χ2v) is 8.96. The molecule has 4 rings (SSSR count). The molecule has 0 N–H and O–H groups in total. The molecule has 0 radical (unpaired) electrons. The molecule has 2 aliphatic rings. The van der Waals surface area contributed by atoms with E-state index in [1.807, 2.05) is 43.3 Å². The zero-order valence-electron chi connectivity index (χ0n) is 18.8. The summed E-state index contributed by atoms with van der Waals surface area (Å²) in [5, 5.41) is 4.22. The maximum absolute atomic E-state index is 13.1. The van der Waals surface area contributed by atoms with Gasteiger partial charge in [0.2, 0.25) is 5.91 Å². The van der Waals surface area contributed by atoms with Crippen molar-refractivity contribution < 1.29 is 22.8 Å². The van der Waals surface area contributed by atoms with E-state index < -0.39 is 11.7 Å². The van der Waals surface area contributed by atoms with Gasteiger partial charge in [0, 0.05) is 38.7 Å². The maximum atomic E-state index is 13.1. The molecule has 1 amide bonds. The van der Waals surface area contributed by atoms with Crippen molar-refractivity contribution in [3.63, 3.8) is 0 Å². The van der Waals surface area contributed by atoms with Gasteiger partial charge in [-0.1, -0.05) is 35.8 Å². The summed E-state index contributed by atoms with van der Waals surface area (Å²) in [4.78, 5) is 22.3. The van der Waals surface area contributed by atoms with E-state index in [-0.39, 0.29) is 31.0 Å². The van der Waals surface area contributed by atoms with Crippen molar-refractivity contribution in [3.05, 3.63) is 65.2 Å². The molecule has 33 heavy (non-hydrogen) atoms. The number of anilines is 1. The highest BCUT2D eigenvalue weighted by atomic mass is 19.4. The van der Waals surface area contributed by atoms with E-state index in [9.17, 15) is 18.0 Å². The van der Waals surface area contributed by atoms with E-state index in [0.717, 1.165) is 48.4 Å². The largest absolute Gasteiger partial charge is 0.416 e. The molecule has 2 aromatic rings. The van der Waals surface area contributed by atoms with E-state index in [2.05, 4.69) is 5.16 Å². The van der Waals surface area contributed by atoms with Crippen LogP contribution in [-0.2, 0) is 22.4 Å². The number of rotatable bonds is 7. The number of hydrogen-bond donors (Lipinski definition) is 0. The normalized spacial score (nSPS) is 18.3. The van der Waals surface area contributed by atoms with Gasteiger partial charge in [-0.15, -0.1) is 0 Å². The number of alkyl halides is 3. The highest BCUT2D eigenvalue weighted by molar-refractivity contribution is 6.01. The first-order valence-electron chi connectivity index (χ1n) is 11.2. The van der Waals surface area contributed by atoms with Gasteiger partial charge in [0.1, 0.15) is 0 Å². The Morgan fingerprint density at radius 1 is 1.12 bits per heavy atom. The predicted molar refractivity (Wildman–Crippen MR) is 121 cm³/mol. The monoisotopic (exact) mass is 459 g/mol. The number of hydrogen-bond acceptors (Lipinski definition) is 4. The van der Waals surface area contributed by atoms with Gasteiger partial charge in [-0.25, -0.2) is 0 Å². The number of amides is 1. The number of carbonyl (C=O) groups excluding carboxylic acids is 1. The standard InChI is InChI=1S/C25H28F3N3O2/c1-30(2)21-11-9-18(10-12-21)23-14-22(33-29-23)16-31(24(32)19-6-4-7-19)15-17-5-3-8-20(13-17)25(26,27)28/h3,5,8-13,19,22H,4,6-7,14-16H2,1-2H3/t22-/m0/s1. The van der Waals surface area contributed by atoms with Gasteiger partial charge in [-0.3, -0.25) is 4.79 Å². The first kappa shape index (κ1) is 23.1. The van der Waals surface area contributed by atoms with Crippen molar-refractivity contribution in [3.8, 4) is 0 Å². The second-order valence-electron chi connectivity index (χ2n) is 8.96. The third-order valence-corrected chi connectivity index (χ3v) is 6.27. The fourth-order valence-electron chi connectivity index (χ4n) is 4.11. The van der Waals surface area contributed by atoms with Gasteiger partial charge in [-0.2, -0.15) is 13.2 Å². The molecule has 0 unspecified atom stereocenters. The van der Waals surface area contributed by atoms with Gasteiger partial charge in [0.05, 0.1) is 17.8 Å². The Morgan fingerprint density at radius 2 is 1.85 bits per heavy atom. The minimum atomic E-state index is -4.42. The third-order valence-electron chi connectivity index (χ3n) is 6.27. The summed E-state index contributed by atoms with van der Waals surface area (Å²) in [5.74, 6) is -0.0813. The third kappa shape index (κ3) is 5.49. The van der Waals surface area contributed by atoms with Crippen LogP contribution in [-0.4, -0.2) is 43.3 Å². The van der Waals surface area contributed by atoms with Crippen molar-refractivity contribution in [2.75, 3.05) is 25.5 Å². The second kappa shape index (κ2) is 9.45. The van der Waals surface area contributed by atoms with Crippen LogP contribution in [0.25, 0.3) is 0 Å². The lowest BCUT2D eigenvalue weighted by Crippen LogP contribution is -2.42. The minimum absolute atomic E-state index is 0.0222. The molecule has 0 saturated heterocycles. The van der Waals surface area contributed by atoms with Crippen molar-refractivity contribution in [1.82, 2.24) is 4.90 Å². The van der Waals surface area contributed by atoms with E-state index >= 15 is 0 Å². The molecule has 176 valence electrons. The summed E-state index contributed by atoms with van der Waals surface area (Å²) >= 11 is 0. The summed E-state index contributed by atoms with van der Waals surface area (Å²) in [6, 6.07) is 13.2. The molecule has 1 heterocycles. The van der Waals surface area contributed by atoms with Crippen LogP contribution in [0.15, 0.2) is 53.7 Å². The Labute approximate surface area is 191 Å². The lowest BCUT2D eigenvalue weighted by Gasteiger charge is -2.32. The van der Waals surface area contributed by atoms with Gasteiger partial charge in [-0.05, 0) is 48.2 Å². The molecule has 1 aliphatic heterocycles. The SMILES string of the molecule is CN(C)c1ccc(C2=NO[C@H](CN(Cc3cccc(C(F)(F)F)c3)C(=O)C3CCC3)C2)cc1. The smallest absolute Gasteiger partial charge is 0.390 e. The Bertz CT molecular complexity index is 1010. The Balaban J connectivity index is 1.45. The summed E-state index contributed by atoms with van der Waals surface area (Å²) in [6.07, 6.45) is -1.56. The molecule has 2 aromatic carbocycles. The highest BCUT2D eigenvalue weighted by Crippen LogP contribution is 2.32. The molecule has 0 spiro atoms. The molecule has 1 fully saturated rings. The number of halogens is 3. The zero-order valence-corrected chi connectivity index (χ0v) is 18.8. The molecule has 5 nitrogen and oxygen atoms in total. The first-order chi connectivity index (χ1) is 15.7. The van der Waals surface area contributed by atoms with Crippen molar-refractivity contribution in [1.29, 1.82) is 0 Å². The zero-order chi connectivity index (χ0) is 23.6. The molecule has 0 aromatic heterocycles. The Kier molecular flexibility index (Phi) is 6.63. The van der Waals surface area contributed by atoms with Crippen LogP contribution in [0.2, 0.25) is 0 Å². The van der Waals surface area contributed by atoms with Gasteiger partial charge in [0.25, 0.3) is 0 Å². The molecule has 1 atom stereocenters. The molecule has 1 saturated carbocycles. The van der Waals surface area contributed by atoms with Crippen molar-refractivity contribution in [2.24, 2.45) is 11.1 Å². The van der Waals surface area contributed by atoms with E-state index in [1.165, 1.54) is 6.07 Å². The molecular formula is C25H28F3N3O2. The van der Waals surface area contributed by atoms with E-state index in [1.54, 1.807) is 11.0 Å². The molecule has 1 aliphatic carbocycles. The van der Waals surface area contributed by atoms with Crippen LogP contribution in [0.4, 0.5) is 18.9 Å². The summed E-state index contributed by atoms with van der Waals surface area (Å²) in [5.41, 5.74) is 2.59. The summed E-state index contributed by atoms with van der Waals surface area (Å²) in [7, 11) is 3.94. The average molecular weight is 460 g/mol. The number of oxime groups is 1. The van der Waals surface area contributed by atoms with Gasteiger partial charge < -0.3 is 14.6 Å². The number of carbonyl (C=O) groups is 1. The number of nitrogens with zero attached hydrogens (tertiary/aromatic N) is 3. The summed E-state index contributed by atoms with van der Waals surface area (Å²) in [6.45, 7) is 0.403. The minimum Gasteiger partial charge on any atom is -0.390 e. The Hall–Kier alpha value is -3.03. The van der Waals surface area contributed by atoms with Crippen LogP contribution < -0.4 is 4.90 Å². The highest BCUT2D eigenvalue weighted by Gasteiger charge is 2.34. The number of benzene rings is 2. The van der Waals surface area contributed by atoms with E-state index in [0.29, 0.717) is 12.0 Å². The Morgan fingerprint density at radius 3 is 2.45 bits per heavy atom. The van der Waals surface area contributed by atoms with Crippen LogP contribution in [0.3, 0.4) is 0 Å². The fraction of sp³-hybridized carbons (Fsp3) is 0.440. The molecule has 8 heteroatoms. The lowest BCUT2D eigenvalue weighted by molar-refractivity contribution is -0.140. The lowest BCUT2D eigenvalue weighted by atomic mass is 9.84. The van der Waals surface area contributed by atoms with E-state index in [4.69, 9.17) is 4.84 Å². The first-order valence-corrected chi connectivity index (χ1v) is 11.2. The average Bonchev–Trinajstić information content (AvgIpc) is 3.20. The van der Waals surface area contributed by atoms with Gasteiger partial charge in [0.15, 0.2) is 6.10 Å². The van der Waals surface area contributed by atoms with Crippen LogP contribution >= 0.6 is 0 Å². The van der Waals surface area contributed by atoms with Crippen molar-refractivity contribution in [2.45, 2.75) is 44.5 Å². The summed E-state index contributed by atoms with van der Waals surface area (Å²) < 4.78 is 39.4. The predicted octanol–water partition coefficient (Wildman–Crippen LogP) is 5.09. The van der Waals surface area contributed by atoms with Crippen molar-refractivity contribution >= 4 is 17.3 Å².